The molecule has 0 aliphatic rings. The van der Waals surface area contributed by atoms with Crippen molar-refractivity contribution in [2.45, 2.75) is 24.7 Å². The van der Waals surface area contributed by atoms with Crippen LogP contribution < -0.4 is 3.07 Å². The third-order valence-corrected chi connectivity index (χ3v) is 10.1. The van der Waals surface area contributed by atoms with Crippen LogP contribution in [0.3, 0.4) is 0 Å². The van der Waals surface area contributed by atoms with E-state index in [1.54, 1.807) is 0 Å². The van der Waals surface area contributed by atoms with Crippen LogP contribution in [0, 0.1) is 3.57 Å². The molecule has 212 valence electrons. The first-order valence-electron chi connectivity index (χ1n) is 14.4. The highest BCUT2D eigenvalue weighted by molar-refractivity contribution is 14.1. The predicted molar refractivity (Wildman–Crippen MR) is 196 cm³/mol. The van der Waals surface area contributed by atoms with Crippen molar-refractivity contribution in [1.29, 1.82) is 0 Å². The minimum absolute atomic E-state index is 0.261. The van der Waals surface area contributed by atoms with Crippen molar-refractivity contribution in [3.05, 3.63) is 195 Å². The first-order valence-corrected chi connectivity index (χ1v) is 16.4. The van der Waals surface area contributed by atoms with Gasteiger partial charge in [0.2, 0.25) is 0 Å². The summed E-state index contributed by atoms with van der Waals surface area (Å²) in [6.07, 6.45) is 0. The Kier molecular flexibility index (Phi) is 8.73. The van der Waals surface area contributed by atoms with Crippen molar-refractivity contribution in [3.63, 3.8) is 0 Å². The molecule has 6 rings (SSSR count). The SMILES string of the molecule is CC(c1ccccc1)(c1ccc(I)cc1)c1ccc(-c2ccc(C(C)(c3ccccc3)c3ccc(OI)cc3)cc2)cc1. The Hall–Kier alpha value is -3.42. The quantitative estimate of drug-likeness (QED) is 0.110. The van der Waals surface area contributed by atoms with Crippen LogP contribution in [0.2, 0.25) is 0 Å². The molecule has 43 heavy (non-hydrogen) atoms. The third kappa shape index (κ3) is 5.77. The molecule has 0 aromatic heterocycles. The van der Waals surface area contributed by atoms with Crippen LogP contribution >= 0.6 is 45.6 Å². The fraction of sp³-hybridized carbons (Fsp3) is 0.100. The summed E-state index contributed by atoms with van der Waals surface area (Å²) in [5, 5.41) is 0. The van der Waals surface area contributed by atoms with Gasteiger partial charge >= 0.3 is 0 Å². The van der Waals surface area contributed by atoms with Gasteiger partial charge in [-0.2, -0.15) is 0 Å². The van der Waals surface area contributed by atoms with E-state index in [9.17, 15) is 0 Å². The van der Waals surface area contributed by atoms with E-state index in [2.05, 4.69) is 182 Å². The molecule has 0 N–H and O–H groups in total. The third-order valence-electron chi connectivity index (χ3n) is 8.90. The van der Waals surface area contributed by atoms with Gasteiger partial charge in [0.25, 0.3) is 0 Å². The topological polar surface area (TPSA) is 9.23 Å². The van der Waals surface area contributed by atoms with E-state index in [0.29, 0.717) is 0 Å². The van der Waals surface area contributed by atoms with Gasteiger partial charge in [0.1, 0.15) is 5.75 Å². The first-order chi connectivity index (χ1) is 20.9. The van der Waals surface area contributed by atoms with Crippen molar-refractivity contribution in [2.75, 3.05) is 0 Å². The van der Waals surface area contributed by atoms with E-state index in [1.807, 2.05) is 35.1 Å². The molecule has 0 amide bonds. The van der Waals surface area contributed by atoms with Crippen LogP contribution in [-0.2, 0) is 10.8 Å². The van der Waals surface area contributed by atoms with Gasteiger partial charge in [0.15, 0.2) is 23.0 Å². The van der Waals surface area contributed by atoms with Gasteiger partial charge in [-0.25, -0.2) is 0 Å². The summed E-state index contributed by atoms with van der Waals surface area (Å²) >= 11 is 4.31. The van der Waals surface area contributed by atoms with Gasteiger partial charge in [0.05, 0.1) is 0 Å². The van der Waals surface area contributed by atoms with Gasteiger partial charge in [-0.3, -0.25) is 0 Å². The second-order valence-electron chi connectivity index (χ2n) is 11.2. The molecule has 1 nitrogen and oxygen atoms in total. The number of hydrogen-bond donors (Lipinski definition) is 0. The normalized spacial score (nSPS) is 14.0. The average molecular weight is 783 g/mol. The Morgan fingerprint density at radius 1 is 0.395 bits per heavy atom. The molecule has 0 heterocycles. The molecule has 0 aliphatic heterocycles. The largest absolute Gasteiger partial charge is 0.428 e. The molecule has 2 unspecified atom stereocenters. The zero-order valence-corrected chi connectivity index (χ0v) is 28.5. The summed E-state index contributed by atoms with van der Waals surface area (Å²) in [7, 11) is 0. The second kappa shape index (κ2) is 12.7. The summed E-state index contributed by atoms with van der Waals surface area (Å²) < 4.78 is 6.65. The van der Waals surface area contributed by atoms with Crippen LogP contribution in [0.1, 0.15) is 47.2 Å². The first kappa shape index (κ1) is 29.6. The molecule has 0 saturated carbocycles. The van der Waals surface area contributed by atoms with Gasteiger partial charge in [-0.15, -0.1) is 0 Å². The molecule has 0 aliphatic carbocycles. The number of rotatable bonds is 8. The molecular weight excluding hydrogens is 750 g/mol. The zero-order valence-electron chi connectivity index (χ0n) is 24.2. The second-order valence-corrected chi connectivity index (χ2v) is 12.9. The van der Waals surface area contributed by atoms with E-state index >= 15 is 0 Å². The highest BCUT2D eigenvalue weighted by atomic mass is 127. The van der Waals surface area contributed by atoms with Gasteiger partial charge in [-0.05, 0) is 105 Å². The Morgan fingerprint density at radius 2 is 0.698 bits per heavy atom. The Balaban J connectivity index is 1.36. The number of hydrogen-bond acceptors (Lipinski definition) is 1. The van der Waals surface area contributed by atoms with Crippen LogP contribution in [0.15, 0.2) is 158 Å². The molecule has 2 atom stereocenters. The summed E-state index contributed by atoms with van der Waals surface area (Å²) in [4.78, 5) is 0. The monoisotopic (exact) mass is 782 g/mol. The minimum Gasteiger partial charge on any atom is -0.428 e. The molecule has 0 fully saturated rings. The fourth-order valence-corrected chi connectivity index (χ4v) is 6.81. The average Bonchev–Trinajstić information content (AvgIpc) is 3.09. The zero-order chi connectivity index (χ0) is 29.9. The van der Waals surface area contributed by atoms with Crippen molar-refractivity contribution < 1.29 is 3.07 Å². The number of benzene rings is 6. The molecule has 0 spiro atoms. The summed E-state index contributed by atoms with van der Waals surface area (Å²) in [5.41, 5.74) is 9.42. The predicted octanol–water partition coefficient (Wildman–Crippen LogP) is 11.4. The van der Waals surface area contributed by atoms with E-state index in [4.69, 9.17) is 3.07 Å². The highest BCUT2D eigenvalue weighted by Gasteiger charge is 2.32. The highest BCUT2D eigenvalue weighted by Crippen LogP contribution is 2.42. The maximum atomic E-state index is 5.41. The lowest BCUT2D eigenvalue weighted by Gasteiger charge is -2.32. The standard InChI is InChI=1S/C40H32I2O/c1-39(31-9-5-3-6-10-31,35-21-25-37(41)26-22-35)33-17-13-29(14-18-33)30-15-19-34(20-16-30)40(2,32-11-7-4-8-12-32)36-23-27-38(43-42)28-24-36/h3-28H,1-2H3. The van der Waals surface area contributed by atoms with Crippen LogP contribution in [0.5, 0.6) is 5.75 Å². The Labute approximate surface area is 282 Å². The lowest BCUT2D eigenvalue weighted by molar-refractivity contribution is 0.683. The van der Waals surface area contributed by atoms with E-state index in [1.165, 1.54) is 48.1 Å². The molecule has 6 aromatic rings. The maximum Gasteiger partial charge on any atom is 0.192 e. The van der Waals surface area contributed by atoms with Gasteiger partial charge < -0.3 is 3.07 Å². The van der Waals surface area contributed by atoms with Gasteiger partial charge in [-0.1, -0.05) is 133 Å². The smallest absolute Gasteiger partial charge is 0.192 e. The number of halogens is 2. The molecule has 3 heteroatoms. The lowest BCUT2D eigenvalue weighted by atomic mass is 9.70. The summed E-state index contributed by atoms with van der Waals surface area (Å²) in [5.74, 6) is 0.851. The van der Waals surface area contributed by atoms with Crippen LogP contribution in [0.25, 0.3) is 11.1 Å². The van der Waals surface area contributed by atoms with Crippen LogP contribution in [0.4, 0.5) is 0 Å². The molecule has 0 bridgehead atoms. The van der Waals surface area contributed by atoms with E-state index in [-0.39, 0.29) is 10.8 Å². The van der Waals surface area contributed by atoms with E-state index < -0.39 is 0 Å². The lowest BCUT2D eigenvalue weighted by Crippen LogP contribution is -2.25. The molecule has 0 radical (unpaired) electrons. The van der Waals surface area contributed by atoms with Crippen molar-refractivity contribution in [3.8, 4) is 16.9 Å². The Bertz CT molecular complexity index is 1780. The Morgan fingerprint density at radius 3 is 1.05 bits per heavy atom. The fourth-order valence-electron chi connectivity index (χ4n) is 6.16. The maximum absolute atomic E-state index is 5.41. The van der Waals surface area contributed by atoms with Gasteiger partial charge in [0, 0.05) is 14.4 Å². The van der Waals surface area contributed by atoms with Crippen molar-refractivity contribution in [2.24, 2.45) is 0 Å². The summed E-state index contributed by atoms with van der Waals surface area (Å²) in [6, 6.07) is 57.0. The molecular formula is C40H32I2O. The van der Waals surface area contributed by atoms with Crippen molar-refractivity contribution >= 4 is 45.6 Å². The van der Waals surface area contributed by atoms with E-state index in [0.717, 1.165) is 5.75 Å². The minimum atomic E-state index is -0.307. The molecule has 0 saturated heterocycles. The summed E-state index contributed by atoms with van der Waals surface area (Å²) in [6.45, 7) is 4.64. The van der Waals surface area contributed by atoms with Crippen molar-refractivity contribution in [1.82, 2.24) is 0 Å². The molecule has 6 aromatic carbocycles. The van der Waals surface area contributed by atoms with Crippen LogP contribution in [-0.4, -0.2) is 0 Å².